The van der Waals surface area contributed by atoms with E-state index in [1.807, 2.05) is 22.6 Å². The molecule has 0 saturated carbocycles. The molecule has 1 aliphatic rings. The van der Waals surface area contributed by atoms with Crippen LogP contribution in [0.15, 0.2) is 6.33 Å². The van der Waals surface area contributed by atoms with Crippen molar-refractivity contribution in [2.45, 2.75) is 38.7 Å². The minimum atomic E-state index is -0.577. The van der Waals surface area contributed by atoms with Gasteiger partial charge >= 0.3 is 11.9 Å². The first-order valence-corrected chi connectivity index (χ1v) is 8.82. The van der Waals surface area contributed by atoms with Crippen molar-refractivity contribution in [1.29, 1.82) is 0 Å². The molecule has 1 aliphatic heterocycles. The highest BCUT2D eigenvalue weighted by atomic mass is 127. The third-order valence-electron chi connectivity index (χ3n) is 3.61. The van der Waals surface area contributed by atoms with Crippen LogP contribution < -0.4 is 0 Å². The van der Waals surface area contributed by atoms with Crippen LogP contribution in [-0.2, 0) is 23.8 Å². The molecule has 2 aromatic rings. The van der Waals surface area contributed by atoms with Crippen molar-refractivity contribution in [3.05, 3.63) is 15.3 Å². The Morgan fingerprint density at radius 3 is 2.84 bits per heavy atom. The number of carbonyl (C=O) groups is 2. The number of nitrogens with zero attached hydrogens (tertiary/aromatic N) is 4. The third-order valence-corrected chi connectivity index (χ3v) is 4.36. The van der Waals surface area contributed by atoms with E-state index in [1.54, 1.807) is 10.9 Å². The van der Waals surface area contributed by atoms with E-state index in [4.69, 9.17) is 25.8 Å². The van der Waals surface area contributed by atoms with Crippen molar-refractivity contribution in [2.75, 3.05) is 6.61 Å². The quantitative estimate of drug-likeness (QED) is 0.283. The number of hydrogen-bond donors (Lipinski definition) is 0. The fourth-order valence-corrected chi connectivity index (χ4v) is 3.45. The van der Waals surface area contributed by atoms with E-state index in [0.29, 0.717) is 21.4 Å². The number of fused-ring (bicyclic) bond motifs is 1. The molecule has 134 valence electrons. The molecule has 0 radical (unpaired) electrons. The first-order valence-electron chi connectivity index (χ1n) is 7.36. The molecule has 0 spiro atoms. The summed E-state index contributed by atoms with van der Waals surface area (Å²) >= 11 is 8.05. The maximum Gasteiger partial charge on any atom is 0.303 e. The van der Waals surface area contributed by atoms with Crippen molar-refractivity contribution in [3.8, 4) is 0 Å². The molecule has 3 atom stereocenters. The zero-order chi connectivity index (χ0) is 18.1. The van der Waals surface area contributed by atoms with Gasteiger partial charge in [-0.1, -0.05) is 11.6 Å². The molecule has 25 heavy (non-hydrogen) atoms. The molecule has 1 saturated heterocycles. The van der Waals surface area contributed by atoms with Crippen LogP contribution in [0.4, 0.5) is 0 Å². The van der Waals surface area contributed by atoms with Crippen molar-refractivity contribution in [1.82, 2.24) is 19.5 Å². The second-order valence-electron chi connectivity index (χ2n) is 5.42. The Balaban J connectivity index is 1.87. The van der Waals surface area contributed by atoms with Crippen LogP contribution in [0.25, 0.3) is 11.2 Å². The van der Waals surface area contributed by atoms with E-state index < -0.39 is 30.4 Å². The summed E-state index contributed by atoms with van der Waals surface area (Å²) in [5.41, 5.74) is 0.974. The highest BCUT2D eigenvalue weighted by molar-refractivity contribution is 14.1. The molecule has 3 rings (SSSR count). The largest absolute Gasteiger partial charge is 0.463 e. The predicted octanol–water partition coefficient (Wildman–Crippen LogP) is 1.87. The van der Waals surface area contributed by atoms with E-state index in [1.165, 1.54) is 13.8 Å². The SMILES string of the molecule is CC(=O)OC[C@H]1O[C@@H](n2cnc3c(Cl)nc(I)nc32)CC1OC(C)=O. The van der Waals surface area contributed by atoms with Gasteiger partial charge in [0.1, 0.15) is 30.6 Å². The van der Waals surface area contributed by atoms with E-state index >= 15 is 0 Å². The summed E-state index contributed by atoms with van der Waals surface area (Å²) in [6.45, 7) is 2.61. The monoisotopic (exact) mass is 480 g/mol. The fourth-order valence-electron chi connectivity index (χ4n) is 2.63. The first-order chi connectivity index (χ1) is 11.8. The van der Waals surface area contributed by atoms with E-state index in [2.05, 4.69) is 15.0 Å². The van der Waals surface area contributed by atoms with E-state index in [-0.39, 0.29) is 11.8 Å². The number of carbonyl (C=O) groups excluding carboxylic acids is 2. The van der Waals surface area contributed by atoms with Gasteiger partial charge in [-0.3, -0.25) is 14.2 Å². The predicted molar refractivity (Wildman–Crippen MR) is 93.8 cm³/mol. The lowest BCUT2D eigenvalue weighted by Gasteiger charge is -2.17. The number of halogens is 2. The van der Waals surface area contributed by atoms with Crippen molar-refractivity contribution < 1.29 is 23.8 Å². The average Bonchev–Trinajstić information content (AvgIpc) is 3.08. The number of aromatic nitrogens is 4. The number of hydrogen-bond acceptors (Lipinski definition) is 8. The van der Waals surface area contributed by atoms with Gasteiger partial charge in [0.05, 0.1) is 6.33 Å². The summed E-state index contributed by atoms with van der Waals surface area (Å²) in [7, 11) is 0. The van der Waals surface area contributed by atoms with Gasteiger partial charge in [-0.05, 0) is 0 Å². The molecule has 3 heterocycles. The number of ether oxygens (including phenoxy) is 3. The fraction of sp³-hybridized carbons (Fsp3) is 0.500. The Labute approximate surface area is 161 Å². The Morgan fingerprint density at radius 1 is 1.40 bits per heavy atom. The topological polar surface area (TPSA) is 105 Å². The molecular formula is C14H14ClIN4O5. The van der Waals surface area contributed by atoms with Crippen LogP contribution in [0.3, 0.4) is 0 Å². The highest BCUT2D eigenvalue weighted by Crippen LogP contribution is 2.33. The van der Waals surface area contributed by atoms with Gasteiger partial charge in [0.2, 0.25) is 0 Å². The molecule has 2 aromatic heterocycles. The first kappa shape index (κ1) is 18.3. The van der Waals surface area contributed by atoms with Crippen LogP contribution in [0.1, 0.15) is 26.5 Å². The molecule has 1 fully saturated rings. The third kappa shape index (κ3) is 4.01. The van der Waals surface area contributed by atoms with Crippen molar-refractivity contribution in [2.24, 2.45) is 0 Å². The molecule has 1 unspecified atom stereocenters. The standard InChI is InChI=1S/C14H14ClIN4O5/c1-6(21)23-4-9-8(24-7(2)22)3-10(25-9)20-5-17-11-12(15)18-14(16)19-13(11)20/h5,8-10H,3-4H2,1-2H3/t8?,9-,10-/m1/s1. The molecule has 0 aliphatic carbocycles. The van der Waals surface area contributed by atoms with Gasteiger partial charge < -0.3 is 14.2 Å². The van der Waals surface area contributed by atoms with Gasteiger partial charge in [0.15, 0.2) is 14.6 Å². The Bertz CT molecular complexity index is 829. The highest BCUT2D eigenvalue weighted by Gasteiger charge is 2.40. The Kier molecular flexibility index (Phi) is 5.39. The minimum Gasteiger partial charge on any atom is -0.463 e. The van der Waals surface area contributed by atoms with Crippen LogP contribution in [0.2, 0.25) is 5.15 Å². The normalized spacial score (nSPS) is 23.0. The number of esters is 2. The van der Waals surface area contributed by atoms with Gasteiger partial charge in [-0.2, -0.15) is 0 Å². The van der Waals surface area contributed by atoms with Crippen LogP contribution in [0.5, 0.6) is 0 Å². The van der Waals surface area contributed by atoms with E-state index in [0.717, 1.165) is 0 Å². The maximum atomic E-state index is 11.3. The zero-order valence-electron chi connectivity index (χ0n) is 13.3. The second-order valence-corrected chi connectivity index (χ2v) is 6.75. The zero-order valence-corrected chi connectivity index (χ0v) is 16.2. The lowest BCUT2D eigenvalue weighted by Crippen LogP contribution is -2.31. The second kappa shape index (κ2) is 7.38. The van der Waals surface area contributed by atoms with Crippen LogP contribution in [-0.4, -0.2) is 50.3 Å². The van der Waals surface area contributed by atoms with Crippen LogP contribution >= 0.6 is 34.2 Å². The molecule has 9 nitrogen and oxygen atoms in total. The Hall–Kier alpha value is -1.53. The molecule has 0 bridgehead atoms. The summed E-state index contributed by atoms with van der Waals surface area (Å²) < 4.78 is 18.4. The minimum absolute atomic E-state index is 0.0102. The van der Waals surface area contributed by atoms with Gasteiger partial charge in [-0.25, -0.2) is 15.0 Å². The van der Waals surface area contributed by atoms with Crippen LogP contribution in [0, 0.1) is 3.83 Å². The number of imidazole rings is 1. The summed E-state index contributed by atoms with van der Waals surface area (Å²) in [4.78, 5) is 35.0. The van der Waals surface area contributed by atoms with Crippen molar-refractivity contribution >= 4 is 57.3 Å². The summed E-state index contributed by atoms with van der Waals surface area (Å²) in [6, 6.07) is 0. The number of rotatable bonds is 4. The summed E-state index contributed by atoms with van der Waals surface area (Å²) in [6.07, 6.45) is 0.305. The summed E-state index contributed by atoms with van der Waals surface area (Å²) in [5, 5.41) is 0.249. The van der Waals surface area contributed by atoms with Gasteiger partial charge in [0, 0.05) is 42.9 Å². The maximum absolute atomic E-state index is 11.3. The lowest BCUT2D eigenvalue weighted by molar-refractivity contribution is -0.155. The lowest BCUT2D eigenvalue weighted by atomic mass is 10.2. The smallest absolute Gasteiger partial charge is 0.303 e. The molecule has 11 heteroatoms. The van der Waals surface area contributed by atoms with Crippen molar-refractivity contribution in [3.63, 3.8) is 0 Å². The van der Waals surface area contributed by atoms with Gasteiger partial charge in [-0.15, -0.1) is 0 Å². The Morgan fingerprint density at radius 2 is 2.16 bits per heavy atom. The molecular weight excluding hydrogens is 467 g/mol. The molecule has 0 amide bonds. The molecule has 0 aromatic carbocycles. The van der Waals surface area contributed by atoms with E-state index in [9.17, 15) is 9.59 Å². The average molecular weight is 481 g/mol. The summed E-state index contributed by atoms with van der Waals surface area (Å²) in [5.74, 6) is -0.867. The molecule has 0 N–H and O–H groups in total. The van der Waals surface area contributed by atoms with Gasteiger partial charge in [0.25, 0.3) is 0 Å².